The minimum Gasteiger partial charge on any atom is -0.467 e. The molecule has 0 fully saturated rings. The van der Waals surface area contributed by atoms with Crippen molar-refractivity contribution in [3.8, 4) is 0 Å². The van der Waals surface area contributed by atoms with Gasteiger partial charge >= 0.3 is 5.97 Å². The van der Waals surface area contributed by atoms with Crippen molar-refractivity contribution >= 4 is 39.0 Å². The number of nitro groups is 1. The van der Waals surface area contributed by atoms with Gasteiger partial charge in [0.2, 0.25) is 10.0 Å². The lowest BCUT2D eigenvalue weighted by Gasteiger charge is -2.19. The van der Waals surface area contributed by atoms with Gasteiger partial charge in [-0.05, 0) is 43.3 Å². The Morgan fingerprint density at radius 3 is 2.73 bits per heavy atom. The number of carbonyl (C=O) groups is 2. The highest BCUT2D eigenvalue weighted by molar-refractivity contribution is 7.89. The Bertz CT molecular complexity index is 1480. The maximum absolute atomic E-state index is 12.8. The molecular formula is C22H21N5O9S. The van der Waals surface area contributed by atoms with Gasteiger partial charge in [-0.25, -0.2) is 13.4 Å². The maximum Gasteiger partial charge on any atom is 0.321 e. The fourth-order valence-corrected chi connectivity index (χ4v) is 4.52. The van der Waals surface area contributed by atoms with E-state index in [1.54, 1.807) is 31.2 Å². The highest BCUT2D eigenvalue weighted by atomic mass is 32.2. The van der Waals surface area contributed by atoms with Crippen molar-refractivity contribution in [2.24, 2.45) is 5.10 Å². The standard InChI is InChI=1S/C22H21N5O9S/c1-13-4-7-19(36-13)16-10-18(20-3-2-8-34-20)26(25-16)21(28)12-35-22(29)11-24-37(32,33)14-5-6-15(23)17(9-14)27(30)31/h2-9,18,24H,10-12,23H2,1H3. The SMILES string of the molecule is Cc1ccc(C2=NN(C(=O)COC(=O)CNS(=O)(=O)c3ccc(N)c([N+](=O)[O-])c3)C(c3ccco3)C2)o1. The number of hydrazone groups is 1. The maximum atomic E-state index is 12.8. The number of anilines is 1. The van der Waals surface area contributed by atoms with Crippen LogP contribution in [0.15, 0.2) is 67.6 Å². The molecule has 3 N–H and O–H groups in total. The molecule has 0 bridgehead atoms. The van der Waals surface area contributed by atoms with E-state index >= 15 is 0 Å². The molecule has 37 heavy (non-hydrogen) atoms. The molecule has 3 aromatic rings. The van der Waals surface area contributed by atoms with E-state index in [1.807, 2.05) is 4.72 Å². The lowest BCUT2D eigenvalue weighted by molar-refractivity contribution is -0.384. The summed E-state index contributed by atoms with van der Waals surface area (Å²) in [6, 6.07) is 9.12. The number of hydrogen-bond acceptors (Lipinski definition) is 11. The Morgan fingerprint density at radius 2 is 2.08 bits per heavy atom. The van der Waals surface area contributed by atoms with Crippen LogP contribution in [0.3, 0.4) is 0 Å². The van der Waals surface area contributed by atoms with Gasteiger partial charge in [0.15, 0.2) is 6.61 Å². The first-order chi connectivity index (χ1) is 17.5. The fourth-order valence-electron chi connectivity index (χ4n) is 3.53. The molecule has 3 heterocycles. The molecule has 15 heteroatoms. The van der Waals surface area contributed by atoms with Crippen LogP contribution in [0.5, 0.6) is 0 Å². The first-order valence-electron chi connectivity index (χ1n) is 10.7. The highest BCUT2D eigenvalue weighted by Crippen LogP contribution is 2.33. The molecular weight excluding hydrogens is 510 g/mol. The van der Waals surface area contributed by atoms with E-state index in [0.717, 1.165) is 23.2 Å². The summed E-state index contributed by atoms with van der Waals surface area (Å²) in [6.07, 6.45) is 1.75. The Balaban J connectivity index is 1.38. The average Bonchev–Trinajstić information content (AvgIpc) is 3.61. The lowest BCUT2D eigenvalue weighted by atomic mass is 10.1. The van der Waals surface area contributed by atoms with Crippen LogP contribution in [0.1, 0.15) is 29.7 Å². The van der Waals surface area contributed by atoms with E-state index in [1.165, 1.54) is 6.26 Å². The third-order valence-electron chi connectivity index (χ3n) is 5.33. The quantitative estimate of drug-likeness (QED) is 0.178. The minimum atomic E-state index is -4.31. The number of ether oxygens (including phenoxy) is 1. The van der Waals surface area contributed by atoms with Crippen molar-refractivity contribution in [3.05, 3.63) is 76.1 Å². The molecule has 0 saturated carbocycles. The number of furan rings is 2. The first-order valence-corrected chi connectivity index (χ1v) is 12.2. The van der Waals surface area contributed by atoms with E-state index in [-0.39, 0.29) is 5.69 Å². The predicted octanol–water partition coefficient (Wildman–Crippen LogP) is 1.87. The summed E-state index contributed by atoms with van der Waals surface area (Å²) in [5, 5.41) is 16.4. The van der Waals surface area contributed by atoms with Gasteiger partial charge in [-0.3, -0.25) is 19.7 Å². The van der Waals surface area contributed by atoms with E-state index in [4.69, 9.17) is 19.3 Å². The molecule has 0 saturated heterocycles. The zero-order valence-electron chi connectivity index (χ0n) is 19.3. The number of nitrogen functional groups attached to an aromatic ring is 1. The number of esters is 1. The molecule has 1 aliphatic heterocycles. The minimum absolute atomic E-state index is 0.218. The Labute approximate surface area is 209 Å². The van der Waals surface area contributed by atoms with Crippen LogP contribution in [-0.2, 0) is 24.3 Å². The molecule has 194 valence electrons. The zero-order valence-corrected chi connectivity index (χ0v) is 20.1. The third kappa shape index (κ3) is 5.68. The number of hydrogen-bond donors (Lipinski definition) is 2. The van der Waals surface area contributed by atoms with Crippen molar-refractivity contribution in [3.63, 3.8) is 0 Å². The molecule has 1 unspecified atom stereocenters. The summed E-state index contributed by atoms with van der Waals surface area (Å²) < 4.78 is 42.8. The number of nitrogens with one attached hydrogen (secondary N) is 1. The van der Waals surface area contributed by atoms with Crippen LogP contribution in [-0.4, -0.2) is 49.1 Å². The molecule has 1 aromatic carbocycles. The van der Waals surface area contributed by atoms with Gasteiger partial charge in [0.1, 0.15) is 41.3 Å². The van der Waals surface area contributed by atoms with Crippen LogP contribution in [0.2, 0.25) is 0 Å². The van der Waals surface area contributed by atoms with Crippen LogP contribution in [0.25, 0.3) is 0 Å². The van der Waals surface area contributed by atoms with Gasteiger partial charge in [-0.15, -0.1) is 0 Å². The van der Waals surface area contributed by atoms with Crippen LogP contribution in [0.4, 0.5) is 11.4 Å². The second-order valence-corrected chi connectivity index (χ2v) is 9.66. The summed E-state index contributed by atoms with van der Waals surface area (Å²) in [7, 11) is -4.31. The number of nitrogens with zero attached hydrogens (tertiary/aromatic N) is 3. The third-order valence-corrected chi connectivity index (χ3v) is 6.73. The topological polar surface area (TPSA) is 201 Å². The van der Waals surface area contributed by atoms with Gasteiger partial charge in [0.05, 0.1) is 16.1 Å². The fraction of sp³-hybridized carbons (Fsp3) is 0.227. The first kappa shape index (κ1) is 25.6. The van der Waals surface area contributed by atoms with Crippen molar-refractivity contribution < 1.29 is 36.5 Å². The Hall–Kier alpha value is -4.50. The number of aryl methyl sites for hydroxylation is 1. The molecule has 1 amide bonds. The smallest absolute Gasteiger partial charge is 0.321 e. The van der Waals surface area contributed by atoms with Gasteiger partial charge in [-0.2, -0.15) is 9.82 Å². The highest BCUT2D eigenvalue weighted by Gasteiger charge is 2.36. The van der Waals surface area contributed by atoms with E-state index in [2.05, 4.69) is 5.10 Å². The number of nitro benzene ring substituents is 1. The number of nitrogens with two attached hydrogens (primary N) is 1. The second-order valence-electron chi connectivity index (χ2n) is 7.89. The van der Waals surface area contributed by atoms with Crippen molar-refractivity contribution in [1.29, 1.82) is 0 Å². The lowest BCUT2D eigenvalue weighted by Crippen LogP contribution is -2.34. The van der Waals surface area contributed by atoms with Crippen molar-refractivity contribution in [1.82, 2.24) is 9.73 Å². The van der Waals surface area contributed by atoms with E-state index in [9.17, 15) is 28.1 Å². The summed E-state index contributed by atoms with van der Waals surface area (Å²) >= 11 is 0. The number of sulfonamides is 1. The Morgan fingerprint density at radius 1 is 1.30 bits per heavy atom. The normalized spacial score (nSPS) is 15.4. The van der Waals surface area contributed by atoms with E-state index in [0.29, 0.717) is 29.4 Å². The summed E-state index contributed by atoms with van der Waals surface area (Å²) in [4.78, 5) is 34.7. The van der Waals surface area contributed by atoms with Crippen LogP contribution >= 0.6 is 0 Å². The largest absolute Gasteiger partial charge is 0.467 e. The number of amides is 1. The molecule has 0 aliphatic carbocycles. The monoisotopic (exact) mass is 531 g/mol. The molecule has 0 radical (unpaired) electrons. The van der Waals surface area contributed by atoms with Crippen molar-refractivity contribution in [2.45, 2.75) is 24.3 Å². The van der Waals surface area contributed by atoms with Crippen molar-refractivity contribution in [2.75, 3.05) is 18.9 Å². The average molecular weight is 532 g/mol. The van der Waals surface area contributed by atoms with Crippen LogP contribution in [0, 0.1) is 17.0 Å². The van der Waals surface area contributed by atoms with Gasteiger partial charge in [-0.1, -0.05) is 0 Å². The predicted molar refractivity (Wildman–Crippen MR) is 127 cm³/mol. The Kier molecular flexibility index (Phi) is 7.08. The van der Waals surface area contributed by atoms with Gasteiger partial charge < -0.3 is 19.3 Å². The molecule has 1 aliphatic rings. The van der Waals surface area contributed by atoms with Crippen LogP contribution < -0.4 is 10.5 Å². The molecule has 14 nitrogen and oxygen atoms in total. The van der Waals surface area contributed by atoms with Gasteiger partial charge in [0, 0.05) is 12.5 Å². The van der Waals surface area contributed by atoms with E-state index < -0.39 is 56.6 Å². The number of rotatable bonds is 9. The zero-order chi connectivity index (χ0) is 26.7. The molecule has 2 aromatic heterocycles. The summed E-state index contributed by atoms with van der Waals surface area (Å²) in [5.74, 6) is -0.112. The van der Waals surface area contributed by atoms with Gasteiger partial charge in [0.25, 0.3) is 11.6 Å². The molecule has 4 rings (SSSR count). The molecule has 0 spiro atoms. The summed E-state index contributed by atoms with van der Waals surface area (Å²) in [6.45, 7) is 0.225. The second kappa shape index (κ2) is 10.2. The summed E-state index contributed by atoms with van der Waals surface area (Å²) in [5.41, 5.74) is 5.15. The number of carbonyl (C=O) groups excluding carboxylic acids is 2. The molecule has 1 atom stereocenters. The number of benzene rings is 1.